The van der Waals surface area contributed by atoms with E-state index in [0.29, 0.717) is 5.96 Å². The van der Waals surface area contributed by atoms with Crippen LogP contribution in [0, 0.1) is 0 Å². The van der Waals surface area contributed by atoms with E-state index in [-0.39, 0.29) is 24.0 Å². The summed E-state index contributed by atoms with van der Waals surface area (Å²) in [4.78, 5) is 3.79. The third-order valence-corrected chi connectivity index (χ3v) is 1.77. The number of guanidine groups is 1. The molecule has 1 aromatic rings. The van der Waals surface area contributed by atoms with E-state index in [4.69, 9.17) is 5.73 Å². The standard InChI is InChI=1S/C10H16N4.HI/c1-12-10(11)14-8-7-13-9-5-3-2-4-6-9;/h2-6,13H,7-8H2,1H3,(H3,11,12,14);1H. The minimum absolute atomic E-state index is 0. The maximum absolute atomic E-state index is 5.46. The van der Waals surface area contributed by atoms with Crippen molar-refractivity contribution in [1.29, 1.82) is 0 Å². The van der Waals surface area contributed by atoms with E-state index in [0.717, 1.165) is 18.8 Å². The first-order chi connectivity index (χ1) is 6.83. The van der Waals surface area contributed by atoms with Crippen LogP contribution >= 0.6 is 24.0 Å². The van der Waals surface area contributed by atoms with Crippen molar-refractivity contribution in [2.24, 2.45) is 10.7 Å². The van der Waals surface area contributed by atoms with Crippen LogP contribution in [-0.2, 0) is 0 Å². The maximum atomic E-state index is 5.46. The first-order valence-corrected chi connectivity index (χ1v) is 4.58. The number of hydrogen-bond donors (Lipinski definition) is 3. The van der Waals surface area contributed by atoms with E-state index >= 15 is 0 Å². The van der Waals surface area contributed by atoms with Crippen molar-refractivity contribution in [3.63, 3.8) is 0 Å². The Balaban J connectivity index is 0.00000196. The van der Waals surface area contributed by atoms with Gasteiger partial charge >= 0.3 is 0 Å². The van der Waals surface area contributed by atoms with Crippen molar-refractivity contribution in [3.05, 3.63) is 30.3 Å². The molecule has 0 saturated carbocycles. The molecule has 0 atom stereocenters. The fourth-order valence-corrected chi connectivity index (χ4v) is 1.03. The first kappa shape index (κ1) is 14.0. The summed E-state index contributed by atoms with van der Waals surface area (Å²) in [6.07, 6.45) is 0. The average Bonchev–Trinajstić information content (AvgIpc) is 2.25. The van der Waals surface area contributed by atoms with Gasteiger partial charge in [0.25, 0.3) is 0 Å². The Bertz CT molecular complexity index is 287. The molecule has 1 rings (SSSR count). The Kier molecular flexibility index (Phi) is 7.79. The van der Waals surface area contributed by atoms with E-state index in [1.807, 2.05) is 30.3 Å². The van der Waals surface area contributed by atoms with Crippen LogP contribution in [0.25, 0.3) is 0 Å². The minimum Gasteiger partial charge on any atom is -0.383 e. The summed E-state index contributed by atoms with van der Waals surface area (Å²) in [7, 11) is 1.66. The Morgan fingerprint density at radius 1 is 1.27 bits per heavy atom. The largest absolute Gasteiger partial charge is 0.383 e. The number of nitrogens with two attached hydrogens (primary N) is 1. The molecule has 0 aliphatic rings. The molecular formula is C10H17IN4. The molecule has 0 aromatic heterocycles. The van der Waals surface area contributed by atoms with Crippen LogP contribution in [0.3, 0.4) is 0 Å². The van der Waals surface area contributed by atoms with E-state index < -0.39 is 0 Å². The lowest BCUT2D eigenvalue weighted by molar-refractivity contribution is 0.895. The number of rotatable bonds is 4. The van der Waals surface area contributed by atoms with Crippen LogP contribution in [0.5, 0.6) is 0 Å². The van der Waals surface area contributed by atoms with Gasteiger partial charge in [0.15, 0.2) is 5.96 Å². The number of anilines is 1. The van der Waals surface area contributed by atoms with Crippen molar-refractivity contribution in [2.75, 3.05) is 25.5 Å². The normalized spacial score (nSPS) is 10.3. The molecule has 0 fully saturated rings. The Hall–Kier alpha value is -0.980. The Morgan fingerprint density at radius 3 is 2.53 bits per heavy atom. The zero-order valence-electron chi connectivity index (χ0n) is 8.73. The van der Waals surface area contributed by atoms with Gasteiger partial charge in [-0.15, -0.1) is 24.0 Å². The third kappa shape index (κ3) is 6.16. The molecule has 0 amide bonds. The summed E-state index contributed by atoms with van der Waals surface area (Å²) in [5, 5.41) is 6.22. The molecule has 4 N–H and O–H groups in total. The average molecular weight is 320 g/mol. The van der Waals surface area contributed by atoms with Crippen LogP contribution in [0.2, 0.25) is 0 Å². The predicted molar refractivity (Wildman–Crippen MR) is 75.9 cm³/mol. The van der Waals surface area contributed by atoms with Gasteiger partial charge < -0.3 is 16.4 Å². The SMILES string of the molecule is CN=C(N)NCCNc1ccccc1.I. The maximum Gasteiger partial charge on any atom is 0.188 e. The molecule has 4 nitrogen and oxygen atoms in total. The van der Waals surface area contributed by atoms with Crippen LogP contribution in [0.4, 0.5) is 5.69 Å². The highest BCUT2D eigenvalue weighted by molar-refractivity contribution is 14.0. The second-order valence-electron chi connectivity index (χ2n) is 2.83. The Morgan fingerprint density at radius 2 is 1.93 bits per heavy atom. The highest BCUT2D eigenvalue weighted by Gasteiger charge is 1.90. The van der Waals surface area contributed by atoms with Crippen molar-refractivity contribution < 1.29 is 0 Å². The molecule has 0 heterocycles. The first-order valence-electron chi connectivity index (χ1n) is 4.58. The van der Waals surface area contributed by atoms with Crippen molar-refractivity contribution in [3.8, 4) is 0 Å². The summed E-state index contributed by atoms with van der Waals surface area (Å²) in [5.41, 5.74) is 6.58. The van der Waals surface area contributed by atoms with Gasteiger partial charge in [0.1, 0.15) is 0 Å². The second-order valence-corrected chi connectivity index (χ2v) is 2.83. The van der Waals surface area contributed by atoms with Gasteiger partial charge in [0.2, 0.25) is 0 Å². The van der Waals surface area contributed by atoms with E-state index in [9.17, 15) is 0 Å². The van der Waals surface area contributed by atoms with Crippen molar-refractivity contribution in [2.45, 2.75) is 0 Å². The summed E-state index contributed by atoms with van der Waals surface area (Å²) in [5.74, 6) is 0.472. The molecule has 5 heteroatoms. The fraction of sp³-hybridized carbons (Fsp3) is 0.300. The summed E-state index contributed by atoms with van der Waals surface area (Å²) >= 11 is 0. The second kappa shape index (κ2) is 8.34. The topological polar surface area (TPSA) is 62.4 Å². The lowest BCUT2D eigenvalue weighted by atomic mass is 10.3. The zero-order chi connectivity index (χ0) is 10.2. The highest BCUT2D eigenvalue weighted by atomic mass is 127. The molecule has 84 valence electrons. The van der Waals surface area contributed by atoms with E-state index in [1.165, 1.54) is 0 Å². The molecule has 0 spiro atoms. The molecule has 0 aliphatic heterocycles. The van der Waals surface area contributed by atoms with Gasteiger partial charge in [-0.05, 0) is 12.1 Å². The van der Waals surface area contributed by atoms with E-state index in [1.54, 1.807) is 7.05 Å². The van der Waals surface area contributed by atoms with Gasteiger partial charge in [-0.25, -0.2) is 0 Å². The van der Waals surface area contributed by atoms with Gasteiger partial charge in [-0.1, -0.05) is 18.2 Å². The molecule has 15 heavy (non-hydrogen) atoms. The lowest BCUT2D eigenvalue weighted by Gasteiger charge is -2.07. The number of nitrogens with zero attached hydrogens (tertiary/aromatic N) is 1. The van der Waals surface area contributed by atoms with E-state index in [2.05, 4.69) is 15.6 Å². The third-order valence-electron chi connectivity index (χ3n) is 1.77. The number of aliphatic imine (C=N–C) groups is 1. The molecule has 0 aliphatic carbocycles. The predicted octanol–water partition coefficient (Wildman–Crippen LogP) is 1.25. The highest BCUT2D eigenvalue weighted by Crippen LogP contribution is 2.03. The summed E-state index contributed by atoms with van der Waals surface area (Å²) in [6, 6.07) is 10.0. The van der Waals surface area contributed by atoms with Crippen molar-refractivity contribution in [1.82, 2.24) is 5.32 Å². The van der Waals surface area contributed by atoms with Gasteiger partial charge in [-0.3, -0.25) is 4.99 Å². The quantitative estimate of drug-likeness (QED) is 0.339. The Labute approximate surface area is 107 Å². The van der Waals surface area contributed by atoms with Crippen LogP contribution in [0.15, 0.2) is 35.3 Å². The lowest BCUT2D eigenvalue weighted by Crippen LogP contribution is -2.34. The smallest absolute Gasteiger partial charge is 0.188 e. The fourth-order valence-electron chi connectivity index (χ4n) is 1.03. The minimum atomic E-state index is 0. The number of halogens is 1. The van der Waals surface area contributed by atoms with Crippen LogP contribution in [-0.4, -0.2) is 26.1 Å². The van der Waals surface area contributed by atoms with Crippen molar-refractivity contribution >= 4 is 35.6 Å². The number of hydrogen-bond acceptors (Lipinski definition) is 2. The molecule has 0 bridgehead atoms. The van der Waals surface area contributed by atoms with Gasteiger partial charge in [0, 0.05) is 25.8 Å². The molecule has 1 aromatic carbocycles. The number of nitrogens with one attached hydrogen (secondary N) is 2. The molecule has 0 saturated heterocycles. The monoisotopic (exact) mass is 320 g/mol. The zero-order valence-corrected chi connectivity index (χ0v) is 11.1. The van der Waals surface area contributed by atoms with Crippen LogP contribution < -0.4 is 16.4 Å². The summed E-state index contributed by atoms with van der Waals surface area (Å²) < 4.78 is 0. The van der Waals surface area contributed by atoms with Gasteiger partial charge in [0.05, 0.1) is 0 Å². The number of benzene rings is 1. The molecular weight excluding hydrogens is 303 g/mol. The molecule has 0 unspecified atom stereocenters. The van der Waals surface area contributed by atoms with Gasteiger partial charge in [-0.2, -0.15) is 0 Å². The summed E-state index contributed by atoms with van der Waals surface area (Å²) in [6.45, 7) is 1.58. The molecule has 0 radical (unpaired) electrons. The number of para-hydroxylation sites is 1. The van der Waals surface area contributed by atoms with Crippen LogP contribution in [0.1, 0.15) is 0 Å².